The first-order chi connectivity index (χ1) is 16.5. The number of benzene rings is 1. The molecule has 2 aromatic rings. The highest BCUT2D eigenvalue weighted by molar-refractivity contribution is 5.83. The van der Waals surface area contributed by atoms with Crippen LogP contribution in [0.15, 0.2) is 24.4 Å². The molecule has 0 unspecified atom stereocenters. The summed E-state index contributed by atoms with van der Waals surface area (Å²) in [7, 11) is 1.60. The summed E-state index contributed by atoms with van der Waals surface area (Å²) in [6, 6.07) is 5.53. The van der Waals surface area contributed by atoms with E-state index in [0.717, 1.165) is 62.1 Å². The number of aryl methyl sites for hydroxylation is 1. The molecule has 1 saturated carbocycles. The highest BCUT2D eigenvalue weighted by Crippen LogP contribution is 2.41. The fraction of sp³-hybridized carbons (Fsp3) is 0.643. The molecule has 0 amide bonds. The molecule has 1 aromatic heterocycles. The maximum atomic E-state index is 14.7. The summed E-state index contributed by atoms with van der Waals surface area (Å²) < 4.78 is 20.0. The molecule has 0 spiro atoms. The zero-order valence-electron chi connectivity index (χ0n) is 20.5. The summed E-state index contributed by atoms with van der Waals surface area (Å²) in [5, 5.41) is 10.4. The molecule has 6 heteroatoms. The van der Waals surface area contributed by atoms with Gasteiger partial charge < -0.3 is 14.7 Å². The molecule has 2 fully saturated rings. The fourth-order valence-electron chi connectivity index (χ4n) is 6.15. The Kier molecular flexibility index (Phi) is 8.41. The zero-order valence-corrected chi connectivity index (χ0v) is 20.5. The van der Waals surface area contributed by atoms with Crippen molar-refractivity contribution in [3.8, 4) is 5.75 Å². The first kappa shape index (κ1) is 24.9. The van der Waals surface area contributed by atoms with E-state index in [4.69, 9.17) is 4.74 Å². The average molecular weight is 471 g/mol. The minimum Gasteiger partial charge on any atom is -0.497 e. The lowest BCUT2D eigenvalue weighted by Gasteiger charge is -2.42. The SMILES string of the molecule is COc1ccc2ncc(F)c(CCCC3(CC(=O)O)CCN(CCC4CCCCC4)CC3)c2c1. The maximum absolute atomic E-state index is 14.7. The van der Waals surface area contributed by atoms with E-state index in [2.05, 4.69) is 9.88 Å². The van der Waals surface area contributed by atoms with Crippen LogP contribution in [0.2, 0.25) is 0 Å². The van der Waals surface area contributed by atoms with Crippen molar-refractivity contribution in [2.24, 2.45) is 11.3 Å². The second kappa shape index (κ2) is 11.5. The minimum absolute atomic E-state index is 0.190. The summed E-state index contributed by atoms with van der Waals surface area (Å²) in [4.78, 5) is 18.5. The van der Waals surface area contributed by atoms with Crippen molar-refractivity contribution >= 4 is 16.9 Å². The van der Waals surface area contributed by atoms with Crippen LogP contribution in [0.25, 0.3) is 10.9 Å². The monoisotopic (exact) mass is 470 g/mol. The van der Waals surface area contributed by atoms with Crippen LogP contribution in [-0.2, 0) is 11.2 Å². The van der Waals surface area contributed by atoms with Crippen LogP contribution >= 0.6 is 0 Å². The molecule has 186 valence electrons. The molecular weight excluding hydrogens is 431 g/mol. The van der Waals surface area contributed by atoms with Crippen molar-refractivity contribution in [1.29, 1.82) is 0 Å². The number of hydrogen-bond donors (Lipinski definition) is 1. The number of halogens is 1. The number of hydrogen-bond acceptors (Lipinski definition) is 4. The fourth-order valence-corrected chi connectivity index (χ4v) is 6.15. The molecule has 4 rings (SSSR count). The normalized spacial score (nSPS) is 19.4. The predicted molar refractivity (Wildman–Crippen MR) is 133 cm³/mol. The third-order valence-corrected chi connectivity index (χ3v) is 8.29. The number of methoxy groups -OCH3 is 1. The molecule has 2 aliphatic rings. The summed E-state index contributed by atoms with van der Waals surface area (Å²) in [5.41, 5.74) is 1.22. The topological polar surface area (TPSA) is 62.7 Å². The molecule has 34 heavy (non-hydrogen) atoms. The number of aliphatic carboxylic acids is 1. The van der Waals surface area contributed by atoms with Crippen LogP contribution in [-0.4, -0.2) is 47.7 Å². The van der Waals surface area contributed by atoms with Crippen molar-refractivity contribution in [2.45, 2.75) is 77.0 Å². The molecule has 0 bridgehead atoms. The van der Waals surface area contributed by atoms with Gasteiger partial charge in [-0.05, 0) is 93.3 Å². The van der Waals surface area contributed by atoms with Crippen LogP contribution in [0.5, 0.6) is 5.75 Å². The van der Waals surface area contributed by atoms with E-state index in [1.807, 2.05) is 18.2 Å². The third-order valence-electron chi connectivity index (χ3n) is 8.29. The summed E-state index contributed by atoms with van der Waals surface area (Å²) in [5.74, 6) is 0.541. The van der Waals surface area contributed by atoms with Crippen LogP contribution in [0.3, 0.4) is 0 Å². The molecule has 5 nitrogen and oxygen atoms in total. The Hall–Kier alpha value is -2.21. The Balaban J connectivity index is 1.36. The van der Waals surface area contributed by atoms with Gasteiger partial charge in [-0.3, -0.25) is 9.78 Å². The van der Waals surface area contributed by atoms with E-state index in [0.29, 0.717) is 17.7 Å². The Labute approximate surface area is 202 Å². The number of ether oxygens (including phenoxy) is 1. The van der Waals surface area contributed by atoms with E-state index in [9.17, 15) is 14.3 Å². The molecule has 1 N–H and O–H groups in total. The molecular formula is C28H39FN2O3. The Bertz CT molecular complexity index is 966. The highest BCUT2D eigenvalue weighted by Gasteiger charge is 2.36. The molecule has 0 radical (unpaired) electrons. The second-order valence-corrected chi connectivity index (χ2v) is 10.5. The number of aromatic nitrogens is 1. The number of nitrogens with zero attached hydrogens (tertiary/aromatic N) is 2. The van der Waals surface area contributed by atoms with Gasteiger partial charge in [0.1, 0.15) is 11.6 Å². The van der Waals surface area contributed by atoms with Gasteiger partial charge in [0.25, 0.3) is 0 Å². The lowest BCUT2D eigenvalue weighted by Crippen LogP contribution is -2.42. The van der Waals surface area contributed by atoms with E-state index in [1.54, 1.807) is 7.11 Å². The Morgan fingerprint density at radius 2 is 2.00 bits per heavy atom. The van der Waals surface area contributed by atoms with Crippen molar-refractivity contribution < 1.29 is 19.0 Å². The molecule has 2 heterocycles. The second-order valence-electron chi connectivity index (χ2n) is 10.5. The van der Waals surface area contributed by atoms with E-state index in [-0.39, 0.29) is 17.7 Å². The third kappa shape index (κ3) is 6.26. The zero-order chi connectivity index (χ0) is 24.0. The van der Waals surface area contributed by atoms with Gasteiger partial charge in [-0.25, -0.2) is 4.39 Å². The summed E-state index contributed by atoms with van der Waals surface area (Å²) in [6.45, 7) is 3.09. The molecule has 1 aromatic carbocycles. The van der Waals surface area contributed by atoms with Gasteiger partial charge in [-0.15, -0.1) is 0 Å². The number of carboxylic acid groups (broad SMARTS) is 1. The summed E-state index contributed by atoms with van der Waals surface area (Å²) >= 11 is 0. The van der Waals surface area contributed by atoms with Crippen LogP contribution in [0.1, 0.15) is 76.2 Å². The van der Waals surface area contributed by atoms with Crippen molar-refractivity contribution in [3.05, 3.63) is 35.8 Å². The number of carboxylic acids is 1. The quantitative estimate of drug-likeness (QED) is 0.446. The number of fused-ring (bicyclic) bond motifs is 1. The average Bonchev–Trinajstić information content (AvgIpc) is 2.85. The number of likely N-dealkylation sites (tertiary alicyclic amines) is 1. The van der Waals surface area contributed by atoms with Crippen molar-refractivity contribution in [2.75, 3.05) is 26.7 Å². The number of rotatable bonds is 10. The molecule has 0 atom stereocenters. The Morgan fingerprint density at radius 3 is 2.71 bits per heavy atom. The van der Waals surface area contributed by atoms with Gasteiger partial charge >= 0.3 is 5.97 Å². The van der Waals surface area contributed by atoms with E-state index < -0.39 is 5.97 Å². The first-order valence-electron chi connectivity index (χ1n) is 13.0. The predicted octanol–water partition coefficient (Wildman–Crippen LogP) is 6.23. The van der Waals surface area contributed by atoms with Crippen LogP contribution in [0, 0.1) is 17.2 Å². The minimum atomic E-state index is -0.721. The van der Waals surface area contributed by atoms with Crippen LogP contribution < -0.4 is 4.74 Å². The number of piperidine rings is 1. The lowest BCUT2D eigenvalue weighted by atomic mass is 9.71. The summed E-state index contributed by atoms with van der Waals surface area (Å²) in [6.07, 6.45) is 13.7. The Morgan fingerprint density at radius 1 is 1.24 bits per heavy atom. The smallest absolute Gasteiger partial charge is 0.303 e. The van der Waals surface area contributed by atoms with Crippen molar-refractivity contribution in [3.63, 3.8) is 0 Å². The van der Waals surface area contributed by atoms with Gasteiger partial charge in [0, 0.05) is 5.39 Å². The molecule has 1 aliphatic carbocycles. The van der Waals surface area contributed by atoms with Gasteiger partial charge in [-0.2, -0.15) is 0 Å². The van der Waals surface area contributed by atoms with E-state index >= 15 is 0 Å². The van der Waals surface area contributed by atoms with Crippen molar-refractivity contribution in [1.82, 2.24) is 9.88 Å². The molecule has 1 aliphatic heterocycles. The highest BCUT2D eigenvalue weighted by atomic mass is 19.1. The van der Waals surface area contributed by atoms with E-state index in [1.165, 1.54) is 44.7 Å². The number of pyridine rings is 1. The first-order valence-corrected chi connectivity index (χ1v) is 13.0. The van der Waals surface area contributed by atoms with Gasteiger partial charge in [0.15, 0.2) is 0 Å². The molecule has 1 saturated heterocycles. The lowest BCUT2D eigenvalue weighted by molar-refractivity contribution is -0.140. The number of carbonyl (C=O) groups is 1. The van der Waals surface area contributed by atoms with Gasteiger partial charge in [0.2, 0.25) is 0 Å². The standard InChI is InChI=1S/C28H39FN2O3/c1-34-22-9-10-26-24(18-22)23(25(29)20-30-26)8-5-12-28(19-27(32)33)13-16-31(17-14-28)15-11-21-6-3-2-4-7-21/h9-10,18,20-21H,2-8,11-17,19H2,1H3,(H,32,33). The van der Waals surface area contributed by atoms with Gasteiger partial charge in [-0.1, -0.05) is 32.1 Å². The van der Waals surface area contributed by atoms with Crippen LogP contribution in [0.4, 0.5) is 4.39 Å². The largest absolute Gasteiger partial charge is 0.497 e. The maximum Gasteiger partial charge on any atom is 0.303 e. The van der Waals surface area contributed by atoms with Gasteiger partial charge in [0.05, 0.1) is 25.2 Å².